The Morgan fingerprint density at radius 1 is 0.929 bits per heavy atom. The molecule has 3 aromatic rings. The van der Waals surface area contributed by atoms with Crippen molar-refractivity contribution in [3.8, 4) is 17.2 Å². The van der Waals surface area contributed by atoms with Gasteiger partial charge in [0, 0.05) is 0 Å². The molecule has 28 heavy (non-hydrogen) atoms. The SMILES string of the molecule is COc1cccc(COC(C)C(=O)Nc2ccccc2Oc2ccccc2)c1. The summed E-state index contributed by atoms with van der Waals surface area (Å²) in [7, 11) is 1.62. The van der Waals surface area contributed by atoms with Gasteiger partial charge in [0.2, 0.25) is 0 Å². The van der Waals surface area contributed by atoms with Crippen LogP contribution < -0.4 is 14.8 Å². The van der Waals surface area contributed by atoms with E-state index in [9.17, 15) is 4.79 Å². The summed E-state index contributed by atoms with van der Waals surface area (Å²) in [5, 5.41) is 2.88. The zero-order valence-corrected chi connectivity index (χ0v) is 15.9. The van der Waals surface area contributed by atoms with E-state index in [2.05, 4.69) is 5.32 Å². The van der Waals surface area contributed by atoms with Crippen LogP contribution in [-0.2, 0) is 16.1 Å². The summed E-state index contributed by atoms with van der Waals surface area (Å²) in [4.78, 5) is 12.5. The molecule has 1 atom stereocenters. The molecular weight excluding hydrogens is 354 g/mol. The van der Waals surface area contributed by atoms with Crippen molar-refractivity contribution in [3.05, 3.63) is 84.4 Å². The molecule has 0 heterocycles. The van der Waals surface area contributed by atoms with Crippen LogP contribution in [-0.4, -0.2) is 19.1 Å². The summed E-state index contributed by atoms with van der Waals surface area (Å²) in [5.74, 6) is 1.78. The van der Waals surface area contributed by atoms with E-state index in [1.807, 2.05) is 72.8 Å². The van der Waals surface area contributed by atoms with Gasteiger partial charge in [0.1, 0.15) is 17.6 Å². The lowest BCUT2D eigenvalue weighted by atomic mass is 10.2. The second-order valence-electron chi connectivity index (χ2n) is 6.21. The van der Waals surface area contributed by atoms with E-state index < -0.39 is 6.10 Å². The third-order valence-corrected chi connectivity index (χ3v) is 4.12. The number of amides is 1. The van der Waals surface area contributed by atoms with Crippen LogP contribution in [0.25, 0.3) is 0 Å². The zero-order valence-electron chi connectivity index (χ0n) is 15.9. The first-order valence-corrected chi connectivity index (χ1v) is 9.03. The first-order chi connectivity index (χ1) is 13.7. The van der Waals surface area contributed by atoms with Gasteiger partial charge in [-0.1, -0.05) is 42.5 Å². The van der Waals surface area contributed by atoms with E-state index in [4.69, 9.17) is 14.2 Å². The van der Waals surface area contributed by atoms with Gasteiger partial charge in [0.15, 0.2) is 5.75 Å². The van der Waals surface area contributed by atoms with Gasteiger partial charge in [-0.05, 0) is 48.9 Å². The van der Waals surface area contributed by atoms with Crippen molar-refractivity contribution in [1.82, 2.24) is 0 Å². The molecule has 0 radical (unpaired) electrons. The summed E-state index contributed by atoms with van der Waals surface area (Å²) < 4.78 is 16.8. The molecule has 0 saturated heterocycles. The van der Waals surface area contributed by atoms with Crippen LogP contribution in [0, 0.1) is 0 Å². The number of rotatable bonds is 8. The van der Waals surface area contributed by atoms with Crippen LogP contribution in [0.5, 0.6) is 17.2 Å². The number of anilines is 1. The van der Waals surface area contributed by atoms with Gasteiger partial charge in [-0.3, -0.25) is 4.79 Å². The number of nitrogens with one attached hydrogen (secondary N) is 1. The predicted octanol–water partition coefficient (Wildman–Crippen LogP) is 5.03. The number of hydrogen-bond donors (Lipinski definition) is 1. The van der Waals surface area contributed by atoms with Crippen LogP contribution in [0.3, 0.4) is 0 Å². The minimum atomic E-state index is -0.629. The highest BCUT2D eigenvalue weighted by molar-refractivity contribution is 5.95. The third-order valence-electron chi connectivity index (χ3n) is 4.12. The Bertz CT molecular complexity index is 911. The minimum Gasteiger partial charge on any atom is -0.497 e. The van der Waals surface area contributed by atoms with Crippen molar-refractivity contribution in [1.29, 1.82) is 0 Å². The maximum Gasteiger partial charge on any atom is 0.253 e. The second kappa shape index (κ2) is 9.58. The normalized spacial score (nSPS) is 11.5. The third kappa shape index (κ3) is 5.34. The monoisotopic (exact) mass is 377 g/mol. The van der Waals surface area contributed by atoms with Crippen LogP contribution in [0.2, 0.25) is 0 Å². The van der Waals surface area contributed by atoms with Gasteiger partial charge in [0.25, 0.3) is 5.91 Å². The Hall–Kier alpha value is -3.31. The molecule has 0 spiro atoms. The number of ether oxygens (including phenoxy) is 3. The molecule has 0 fully saturated rings. The fourth-order valence-corrected chi connectivity index (χ4v) is 2.57. The molecule has 5 nitrogen and oxygen atoms in total. The van der Waals surface area contributed by atoms with Gasteiger partial charge < -0.3 is 19.5 Å². The quantitative estimate of drug-likeness (QED) is 0.598. The van der Waals surface area contributed by atoms with Crippen molar-refractivity contribution in [2.75, 3.05) is 12.4 Å². The molecule has 0 aliphatic heterocycles. The van der Waals surface area contributed by atoms with Crippen molar-refractivity contribution in [2.45, 2.75) is 19.6 Å². The largest absolute Gasteiger partial charge is 0.497 e. The van der Waals surface area contributed by atoms with Crippen LogP contribution in [0.15, 0.2) is 78.9 Å². The highest BCUT2D eigenvalue weighted by atomic mass is 16.5. The lowest BCUT2D eigenvalue weighted by Gasteiger charge is -2.16. The van der Waals surface area contributed by atoms with Gasteiger partial charge in [-0.2, -0.15) is 0 Å². The molecular formula is C23H23NO4. The number of hydrogen-bond acceptors (Lipinski definition) is 4. The summed E-state index contributed by atoms with van der Waals surface area (Å²) in [6, 6.07) is 24.3. The second-order valence-corrected chi connectivity index (χ2v) is 6.21. The molecule has 1 unspecified atom stereocenters. The Balaban J connectivity index is 1.60. The van der Waals surface area contributed by atoms with E-state index in [1.165, 1.54) is 0 Å². The number of para-hydroxylation sites is 3. The summed E-state index contributed by atoms with van der Waals surface area (Å²) in [6.45, 7) is 2.03. The van der Waals surface area contributed by atoms with Crippen LogP contribution in [0.4, 0.5) is 5.69 Å². The first-order valence-electron chi connectivity index (χ1n) is 9.03. The van der Waals surface area contributed by atoms with Gasteiger partial charge in [-0.25, -0.2) is 0 Å². The van der Waals surface area contributed by atoms with E-state index in [-0.39, 0.29) is 5.91 Å². The molecule has 0 bridgehead atoms. The maximum absolute atomic E-state index is 12.5. The average Bonchev–Trinajstić information content (AvgIpc) is 2.74. The molecule has 0 aromatic heterocycles. The van der Waals surface area contributed by atoms with Crippen molar-refractivity contribution < 1.29 is 19.0 Å². The molecule has 5 heteroatoms. The van der Waals surface area contributed by atoms with E-state index in [1.54, 1.807) is 20.1 Å². The molecule has 0 saturated carbocycles. The molecule has 3 rings (SSSR count). The highest BCUT2D eigenvalue weighted by Gasteiger charge is 2.16. The number of benzene rings is 3. The molecule has 1 amide bonds. The molecule has 1 N–H and O–H groups in total. The fourth-order valence-electron chi connectivity index (χ4n) is 2.57. The van der Waals surface area contributed by atoms with Crippen molar-refractivity contribution in [3.63, 3.8) is 0 Å². The predicted molar refractivity (Wildman–Crippen MR) is 109 cm³/mol. The standard InChI is InChI=1S/C23H23NO4/c1-17(27-16-18-9-8-12-20(15-18)26-2)23(25)24-21-13-6-7-14-22(21)28-19-10-4-3-5-11-19/h3-15,17H,16H2,1-2H3,(H,24,25). The highest BCUT2D eigenvalue weighted by Crippen LogP contribution is 2.29. The summed E-state index contributed by atoms with van der Waals surface area (Å²) >= 11 is 0. The zero-order chi connectivity index (χ0) is 19.8. The van der Waals surface area contributed by atoms with E-state index >= 15 is 0 Å². The Labute approximate surface area is 164 Å². The Morgan fingerprint density at radius 2 is 1.64 bits per heavy atom. The number of carbonyl (C=O) groups excluding carboxylic acids is 1. The lowest BCUT2D eigenvalue weighted by molar-refractivity contribution is -0.127. The molecule has 3 aromatic carbocycles. The van der Waals surface area contributed by atoms with E-state index in [0.717, 1.165) is 11.3 Å². The molecule has 0 aliphatic carbocycles. The summed E-state index contributed by atoms with van der Waals surface area (Å²) in [5.41, 5.74) is 1.53. The Morgan fingerprint density at radius 3 is 2.43 bits per heavy atom. The van der Waals surface area contributed by atoms with Crippen LogP contribution >= 0.6 is 0 Å². The smallest absolute Gasteiger partial charge is 0.253 e. The Kier molecular flexibility index (Phi) is 6.65. The maximum atomic E-state index is 12.5. The number of methoxy groups -OCH3 is 1. The van der Waals surface area contributed by atoms with Crippen molar-refractivity contribution >= 4 is 11.6 Å². The van der Waals surface area contributed by atoms with E-state index in [0.29, 0.717) is 23.8 Å². The molecule has 144 valence electrons. The fraction of sp³-hybridized carbons (Fsp3) is 0.174. The average molecular weight is 377 g/mol. The lowest BCUT2D eigenvalue weighted by Crippen LogP contribution is -2.27. The van der Waals surface area contributed by atoms with Gasteiger partial charge in [0.05, 0.1) is 19.4 Å². The first kappa shape index (κ1) is 19.5. The topological polar surface area (TPSA) is 56.8 Å². The minimum absolute atomic E-state index is 0.244. The summed E-state index contributed by atoms with van der Waals surface area (Å²) in [6.07, 6.45) is -0.629. The van der Waals surface area contributed by atoms with Gasteiger partial charge in [-0.15, -0.1) is 0 Å². The number of carbonyl (C=O) groups is 1. The van der Waals surface area contributed by atoms with Crippen molar-refractivity contribution in [2.24, 2.45) is 0 Å². The molecule has 0 aliphatic rings. The van der Waals surface area contributed by atoms with Gasteiger partial charge >= 0.3 is 0 Å². The van der Waals surface area contributed by atoms with Crippen LogP contribution in [0.1, 0.15) is 12.5 Å².